The molecule has 0 aromatic carbocycles. The van der Waals surface area contributed by atoms with Gasteiger partial charge in [0.15, 0.2) is 5.79 Å². The Labute approximate surface area is 162 Å². The van der Waals surface area contributed by atoms with Crippen molar-refractivity contribution in [3.63, 3.8) is 0 Å². The SMILES string of the molecule is CC(C)(O)OC1CC2C[C@H](O)[C@H](O)CC2(C)C2CCC3(C)C(=O)CCC3C12. The number of aliphatic hydroxyl groups excluding tert-OH is 2. The Morgan fingerprint density at radius 2 is 1.78 bits per heavy atom. The zero-order valence-electron chi connectivity index (χ0n) is 17.1. The van der Waals surface area contributed by atoms with E-state index in [0.29, 0.717) is 31.0 Å². The normalized spacial score (nSPS) is 52.9. The number of hydrogen-bond acceptors (Lipinski definition) is 5. The summed E-state index contributed by atoms with van der Waals surface area (Å²) in [4.78, 5) is 12.7. The summed E-state index contributed by atoms with van der Waals surface area (Å²) in [7, 11) is 0. The smallest absolute Gasteiger partial charge is 0.160 e. The van der Waals surface area contributed by atoms with E-state index in [-0.39, 0.29) is 34.7 Å². The number of hydrogen-bond donors (Lipinski definition) is 3. The number of aliphatic hydroxyl groups is 3. The lowest BCUT2D eigenvalue weighted by Gasteiger charge is -2.62. The zero-order chi connectivity index (χ0) is 19.8. The Morgan fingerprint density at radius 3 is 2.44 bits per heavy atom. The van der Waals surface area contributed by atoms with Gasteiger partial charge in [-0.3, -0.25) is 4.79 Å². The fraction of sp³-hybridized carbons (Fsp3) is 0.955. The third-order valence-electron chi connectivity index (χ3n) is 8.83. The molecule has 0 aromatic rings. The molecule has 0 saturated heterocycles. The van der Waals surface area contributed by atoms with Gasteiger partial charge in [0.05, 0.1) is 18.3 Å². The molecule has 0 radical (unpaired) electrons. The van der Waals surface area contributed by atoms with Gasteiger partial charge in [-0.25, -0.2) is 0 Å². The van der Waals surface area contributed by atoms with Crippen LogP contribution in [0.15, 0.2) is 0 Å². The number of Topliss-reactive ketones (excluding diaryl/α,β-unsaturated/α-hetero) is 1. The van der Waals surface area contributed by atoms with Gasteiger partial charge < -0.3 is 20.1 Å². The van der Waals surface area contributed by atoms with Gasteiger partial charge in [-0.1, -0.05) is 13.8 Å². The van der Waals surface area contributed by atoms with E-state index in [1.807, 2.05) is 0 Å². The summed E-state index contributed by atoms with van der Waals surface area (Å²) < 4.78 is 6.19. The number of ketones is 1. The number of carbonyl (C=O) groups is 1. The number of rotatable bonds is 2. The highest BCUT2D eigenvalue weighted by Crippen LogP contribution is 2.66. The minimum atomic E-state index is -1.22. The van der Waals surface area contributed by atoms with Crippen molar-refractivity contribution in [1.29, 1.82) is 0 Å². The van der Waals surface area contributed by atoms with Crippen LogP contribution in [0.25, 0.3) is 0 Å². The van der Waals surface area contributed by atoms with Crippen molar-refractivity contribution in [1.82, 2.24) is 0 Å². The molecule has 4 saturated carbocycles. The summed E-state index contributed by atoms with van der Waals surface area (Å²) in [6, 6.07) is 0. The minimum Gasteiger partial charge on any atom is -0.390 e. The molecular weight excluding hydrogens is 344 g/mol. The van der Waals surface area contributed by atoms with Gasteiger partial charge in [0, 0.05) is 11.8 Å². The highest BCUT2D eigenvalue weighted by Gasteiger charge is 2.64. The van der Waals surface area contributed by atoms with Crippen molar-refractivity contribution in [2.45, 2.75) is 96.7 Å². The average Bonchev–Trinajstić information content (AvgIpc) is 2.84. The summed E-state index contributed by atoms with van der Waals surface area (Å²) in [5.41, 5.74) is -0.311. The highest BCUT2D eigenvalue weighted by atomic mass is 16.6. The molecule has 4 aliphatic rings. The van der Waals surface area contributed by atoms with E-state index in [1.54, 1.807) is 13.8 Å². The number of fused-ring (bicyclic) bond motifs is 5. The molecular formula is C22H36O5. The highest BCUT2D eigenvalue weighted by molar-refractivity contribution is 5.87. The molecule has 4 fully saturated rings. The van der Waals surface area contributed by atoms with Crippen molar-refractivity contribution in [2.75, 3.05) is 0 Å². The van der Waals surface area contributed by atoms with Crippen molar-refractivity contribution in [3.8, 4) is 0 Å². The van der Waals surface area contributed by atoms with Crippen molar-refractivity contribution >= 4 is 5.78 Å². The first kappa shape index (κ1) is 19.8. The Kier molecular flexibility index (Phi) is 4.59. The van der Waals surface area contributed by atoms with E-state index >= 15 is 0 Å². The lowest BCUT2D eigenvalue weighted by Crippen LogP contribution is -2.61. The molecule has 4 aliphatic carbocycles. The van der Waals surface area contributed by atoms with E-state index in [1.165, 1.54) is 0 Å². The van der Waals surface area contributed by atoms with Crippen LogP contribution in [0.1, 0.15) is 72.6 Å². The van der Waals surface area contributed by atoms with Gasteiger partial charge in [-0.05, 0) is 81.5 Å². The summed E-state index contributed by atoms with van der Waals surface area (Å²) in [5.74, 6) is 0.315. The second-order valence-corrected chi connectivity index (χ2v) is 10.8. The van der Waals surface area contributed by atoms with E-state index in [0.717, 1.165) is 25.7 Å². The molecule has 0 bridgehead atoms. The van der Waals surface area contributed by atoms with Crippen LogP contribution in [0.2, 0.25) is 0 Å². The third-order valence-corrected chi connectivity index (χ3v) is 8.83. The molecule has 9 atom stereocenters. The first-order chi connectivity index (χ1) is 12.5. The second-order valence-electron chi connectivity index (χ2n) is 10.8. The molecule has 0 aromatic heterocycles. The molecule has 27 heavy (non-hydrogen) atoms. The van der Waals surface area contributed by atoms with E-state index < -0.39 is 18.0 Å². The maximum Gasteiger partial charge on any atom is 0.160 e. The van der Waals surface area contributed by atoms with Crippen LogP contribution in [0.5, 0.6) is 0 Å². The maximum atomic E-state index is 12.7. The Hall–Kier alpha value is -0.490. The van der Waals surface area contributed by atoms with E-state index in [9.17, 15) is 20.1 Å². The quantitative estimate of drug-likeness (QED) is 0.641. The molecule has 154 valence electrons. The van der Waals surface area contributed by atoms with Crippen LogP contribution < -0.4 is 0 Å². The van der Waals surface area contributed by atoms with Crippen LogP contribution in [-0.2, 0) is 9.53 Å². The first-order valence-electron chi connectivity index (χ1n) is 10.8. The lowest BCUT2D eigenvalue weighted by molar-refractivity contribution is -0.268. The first-order valence-corrected chi connectivity index (χ1v) is 10.8. The largest absolute Gasteiger partial charge is 0.390 e. The molecule has 5 heteroatoms. The molecule has 0 spiro atoms. The topological polar surface area (TPSA) is 87.0 Å². The van der Waals surface area contributed by atoms with Gasteiger partial charge in [-0.2, -0.15) is 0 Å². The van der Waals surface area contributed by atoms with Crippen LogP contribution in [0.4, 0.5) is 0 Å². The minimum absolute atomic E-state index is 0.0459. The Morgan fingerprint density at radius 1 is 1.07 bits per heavy atom. The average molecular weight is 381 g/mol. The summed E-state index contributed by atoms with van der Waals surface area (Å²) in [5, 5.41) is 31.1. The van der Waals surface area contributed by atoms with Gasteiger partial charge in [-0.15, -0.1) is 0 Å². The number of carbonyl (C=O) groups excluding carboxylic acids is 1. The van der Waals surface area contributed by atoms with Crippen molar-refractivity contribution in [2.24, 2.45) is 34.5 Å². The summed E-state index contributed by atoms with van der Waals surface area (Å²) >= 11 is 0. The fourth-order valence-electron chi connectivity index (χ4n) is 7.48. The van der Waals surface area contributed by atoms with Crippen LogP contribution >= 0.6 is 0 Å². The predicted octanol–water partition coefficient (Wildman–Crippen LogP) is 2.65. The predicted molar refractivity (Wildman–Crippen MR) is 101 cm³/mol. The molecule has 4 rings (SSSR count). The second kappa shape index (κ2) is 6.25. The van der Waals surface area contributed by atoms with Crippen molar-refractivity contribution in [3.05, 3.63) is 0 Å². The third kappa shape index (κ3) is 3.00. The van der Waals surface area contributed by atoms with Gasteiger partial charge in [0.2, 0.25) is 0 Å². The van der Waals surface area contributed by atoms with Crippen molar-refractivity contribution < 1.29 is 24.9 Å². The molecule has 0 aliphatic heterocycles. The molecule has 3 N–H and O–H groups in total. The molecule has 0 heterocycles. The summed E-state index contributed by atoms with van der Waals surface area (Å²) in [6.45, 7) is 7.77. The molecule has 7 unspecified atom stereocenters. The van der Waals surface area contributed by atoms with Crippen LogP contribution in [0.3, 0.4) is 0 Å². The summed E-state index contributed by atoms with van der Waals surface area (Å²) in [6.07, 6.45) is 3.98. The van der Waals surface area contributed by atoms with Gasteiger partial charge in [0.1, 0.15) is 5.78 Å². The lowest BCUT2D eigenvalue weighted by atomic mass is 9.44. The zero-order valence-corrected chi connectivity index (χ0v) is 17.1. The van der Waals surface area contributed by atoms with E-state index in [4.69, 9.17) is 4.74 Å². The Bertz CT molecular complexity index is 612. The van der Waals surface area contributed by atoms with Crippen LogP contribution in [-0.4, -0.2) is 45.2 Å². The van der Waals surface area contributed by atoms with Gasteiger partial charge in [0.25, 0.3) is 0 Å². The van der Waals surface area contributed by atoms with E-state index in [2.05, 4.69) is 13.8 Å². The standard InChI is InChI=1S/C22H36O5/c1-20(2,26)27-17-10-12-9-15(23)16(24)11-22(12,4)14-7-8-21(3)13(19(14)17)5-6-18(21)25/h12-17,19,23-24,26H,5-11H2,1-4H3/t12?,13?,14?,15-,16+,17?,19?,21?,22?/m0/s1. The molecule has 5 nitrogen and oxygen atoms in total. The number of ether oxygens (including phenoxy) is 1. The van der Waals surface area contributed by atoms with Gasteiger partial charge >= 0.3 is 0 Å². The fourth-order valence-corrected chi connectivity index (χ4v) is 7.48. The monoisotopic (exact) mass is 380 g/mol. The maximum absolute atomic E-state index is 12.7. The Balaban J connectivity index is 1.73. The molecule has 0 amide bonds. The van der Waals surface area contributed by atoms with Crippen LogP contribution in [0, 0.1) is 34.5 Å².